The van der Waals surface area contributed by atoms with Crippen molar-refractivity contribution in [3.8, 4) is 90.7 Å². The third-order valence-electron chi connectivity index (χ3n) is 15.7. The van der Waals surface area contributed by atoms with Gasteiger partial charge in [0.05, 0.1) is 36.3 Å². The number of benzene rings is 4. The maximum absolute atomic E-state index is 4.65. The molecule has 0 aliphatic heterocycles. The number of hydrogen-bond acceptors (Lipinski definition) is 5. The summed E-state index contributed by atoms with van der Waals surface area (Å²) in [6.45, 7) is 8.47. The van der Waals surface area contributed by atoms with Crippen LogP contribution in [0.5, 0.6) is 0 Å². The average molecular weight is 1110 g/mol. The van der Waals surface area contributed by atoms with Crippen LogP contribution in [0.3, 0.4) is 0 Å². The van der Waals surface area contributed by atoms with Crippen molar-refractivity contribution in [1.29, 1.82) is 0 Å². The van der Waals surface area contributed by atoms with Gasteiger partial charge in [-0.2, -0.15) is 33.6 Å². The molecule has 0 amide bonds. The topological polar surface area (TPSA) is 105 Å². The highest BCUT2D eigenvalue weighted by atomic mass is 15.3. The van der Waals surface area contributed by atoms with Gasteiger partial charge in [-0.3, -0.25) is 14.0 Å². The lowest BCUT2D eigenvalue weighted by molar-refractivity contribution is -0.649. The van der Waals surface area contributed by atoms with E-state index in [9.17, 15) is 0 Å². The normalized spacial score (nSPS) is 10.9. The third-order valence-corrected chi connectivity index (χ3v) is 15.7. The Labute approximate surface area is 492 Å². The molecule has 0 saturated heterocycles. The lowest BCUT2D eigenvalue weighted by Crippen LogP contribution is -2.34. The minimum Gasteiger partial charge on any atom is -0.329 e. The Morgan fingerprint density at radius 1 is 0.345 bits per heavy atom. The second-order valence-corrected chi connectivity index (χ2v) is 21.3. The summed E-state index contributed by atoms with van der Waals surface area (Å²) in [5.41, 5.74) is 24.6. The van der Waals surface area contributed by atoms with Crippen molar-refractivity contribution in [2.24, 2.45) is 63.4 Å². The van der Waals surface area contributed by atoms with E-state index in [0.29, 0.717) is 0 Å². The predicted octanol–water partition coefficient (Wildman–Crippen LogP) is 11.4. The Balaban J connectivity index is 0.000000125. The van der Waals surface area contributed by atoms with Crippen LogP contribution in [-0.4, -0.2) is 48.4 Å². The molecule has 13 rings (SSSR count). The van der Waals surface area contributed by atoms with Crippen LogP contribution in [0.15, 0.2) is 213 Å². The quantitative estimate of drug-likeness (QED) is 0.141. The van der Waals surface area contributed by atoms with E-state index in [1.54, 1.807) is 0 Å². The number of pyridine rings is 4. The van der Waals surface area contributed by atoms with E-state index in [1.807, 2.05) is 109 Å². The number of rotatable bonds is 8. The van der Waals surface area contributed by atoms with Gasteiger partial charge in [-0.1, -0.05) is 72.8 Å². The molecule has 9 heterocycles. The van der Waals surface area contributed by atoms with Crippen molar-refractivity contribution < 1.29 is 18.3 Å². The standard InChI is InChI=1S/C21H20N3.C18H20N3.C17H18N3.C14H16N5/c1-15-9-4-5-10-16(15)19-13-8-14-20(23(19)2)21-17-11-6-7-12-18(17)22-24(21)3;1-13-8-5-6-9-15(13)16-10-7-11-17(20(16)3)18-12-14(2)19-21(18)4;1-13-7-4-5-8-14(13)15-9-6-10-16(19(15)2)17-11-12-18-20(17)3;1-17-9-15-7-13(17)11-5-4-6-12(19(11)3)14-8-16-10-18(14)2/h4-14H,1-3H3;5-12H,1-4H3;4-12H,1-3H3;4-10H,1-3H3/q4*+1. The van der Waals surface area contributed by atoms with Crippen molar-refractivity contribution in [3.05, 3.63) is 236 Å². The number of nitrogens with zero attached hydrogens (tertiary/aromatic N) is 14. The summed E-state index contributed by atoms with van der Waals surface area (Å²) in [5.74, 6) is 0. The molecular weight excluding hydrogens is 1040 g/mol. The third kappa shape index (κ3) is 11.6. The minimum atomic E-state index is 1.02. The first-order valence-corrected chi connectivity index (χ1v) is 28.1. The molecule has 9 aromatic heterocycles. The van der Waals surface area contributed by atoms with Gasteiger partial charge in [-0.05, 0) is 105 Å². The number of hydrogen-bond donors (Lipinski definition) is 0. The SMILES string of the molecule is Cc1cc(-c2cccc(-c3ccccc3C)[n+]2C)n(C)n1.Cc1ccccc1-c1cccc(-c2c3ccccc3nn2C)[n+]1C.Cc1ccccc1-c1cccc(-c2ccnn2C)[n+]1C.Cn1cncc1-c1cccc(-c2cncn2C)[n+]1C. The molecule has 0 fully saturated rings. The largest absolute Gasteiger partial charge is 0.329 e. The van der Waals surface area contributed by atoms with E-state index in [4.69, 9.17) is 0 Å². The van der Waals surface area contributed by atoms with Crippen LogP contribution in [0.1, 0.15) is 22.4 Å². The minimum absolute atomic E-state index is 1.02. The molecule has 84 heavy (non-hydrogen) atoms. The van der Waals surface area contributed by atoms with Crippen LogP contribution >= 0.6 is 0 Å². The van der Waals surface area contributed by atoms with Gasteiger partial charge in [0, 0.05) is 112 Å². The van der Waals surface area contributed by atoms with Gasteiger partial charge in [0.1, 0.15) is 56.7 Å². The fourth-order valence-electron chi connectivity index (χ4n) is 11.1. The zero-order valence-electron chi connectivity index (χ0n) is 50.5. The highest BCUT2D eigenvalue weighted by Crippen LogP contribution is 2.30. The molecule has 0 unspecified atom stereocenters. The lowest BCUT2D eigenvalue weighted by Gasteiger charge is -2.08. The Hall–Kier alpha value is -10.2. The van der Waals surface area contributed by atoms with Crippen molar-refractivity contribution in [2.45, 2.75) is 27.7 Å². The molecule has 0 spiro atoms. The van der Waals surface area contributed by atoms with E-state index in [2.05, 4.69) is 262 Å². The van der Waals surface area contributed by atoms with Gasteiger partial charge in [0.15, 0.2) is 0 Å². The highest BCUT2D eigenvalue weighted by Gasteiger charge is 2.25. The summed E-state index contributed by atoms with van der Waals surface area (Å²) in [6, 6.07) is 63.4. The first kappa shape index (κ1) is 57.0. The van der Waals surface area contributed by atoms with Gasteiger partial charge < -0.3 is 9.13 Å². The Kier molecular flexibility index (Phi) is 16.9. The maximum Gasteiger partial charge on any atom is 0.231 e. The number of aryl methyl sites for hydroxylation is 9. The molecule has 0 aliphatic carbocycles. The zero-order chi connectivity index (χ0) is 59.2. The zero-order valence-corrected chi connectivity index (χ0v) is 50.5. The lowest BCUT2D eigenvalue weighted by atomic mass is 10.0. The molecular formula is C70H74N14+4. The van der Waals surface area contributed by atoms with Crippen LogP contribution in [0.25, 0.3) is 102 Å². The van der Waals surface area contributed by atoms with E-state index in [1.165, 1.54) is 61.5 Å². The summed E-state index contributed by atoms with van der Waals surface area (Å²) >= 11 is 0. The molecule has 0 atom stereocenters. The first-order valence-electron chi connectivity index (χ1n) is 28.1. The monoisotopic (exact) mass is 1110 g/mol. The van der Waals surface area contributed by atoms with E-state index >= 15 is 0 Å². The Morgan fingerprint density at radius 2 is 0.738 bits per heavy atom. The molecule has 420 valence electrons. The van der Waals surface area contributed by atoms with Gasteiger partial charge in [0.25, 0.3) is 0 Å². The molecule has 14 nitrogen and oxygen atoms in total. The average Bonchev–Trinajstić information content (AvgIpc) is 3.63. The van der Waals surface area contributed by atoms with Gasteiger partial charge in [-0.15, -0.1) is 0 Å². The molecule has 13 aromatic rings. The Morgan fingerprint density at radius 3 is 1.15 bits per heavy atom. The van der Waals surface area contributed by atoms with Crippen LogP contribution in [0, 0.1) is 27.7 Å². The molecule has 4 aromatic carbocycles. The molecule has 0 saturated carbocycles. The van der Waals surface area contributed by atoms with Crippen LogP contribution in [0.4, 0.5) is 0 Å². The van der Waals surface area contributed by atoms with Gasteiger partial charge >= 0.3 is 0 Å². The number of imidazole rings is 2. The molecule has 0 N–H and O–H groups in total. The molecule has 0 aliphatic rings. The second kappa shape index (κ2) is 24.9. The van der Waals surface area contributed by atoms with E-state index < -0.39 is 0 Å². The van der Waals surface area contributed by atoms with Crippen LogP contribution in [0.2, 0.25) is 0 Å². The molecule has 0 radical (unpaired) electrons. The van der Waals surface area contributed by atoms with E-state index in [-0.39, 0.29) is 0 Å². The highest BCUT2D eigenvalue weighted by molar-refractivity contribution is 5.91. The van der Waals surface area contributed by atoms with Crippen molar-refractivity contribution in [3.63, 3.8) is 0 Å². The van der Waals surface area contributed by atoms with Crippen molar-refractivity contribution in [2.75, 3.05) is 0 Å². The first-order chi connectivity index (χ1) is 40.6. The fourth-order valence-corrected chi connectivity index (χ4v) is 11.1. The van der Waals surface area contributed by atoms with Crippen molar-refractivity contribution >= 4 is 10.9 Å². The van der Waals surface area contributed by atoms with Crippen molar-refractivity contribution in [1.82, 2.24) is 48.4 Å². The van der Waals surface area contributed by atoms with Crippen LogP contribution < -0.4 is 18.3 Å². The summed E-state index contributed by atoms with van der Waals surface area (Å²) in [6.07, 6.45) is 9.21. The van der Waals surface area contributed by atoms with Crippen LogP contribution in [-0.2, 0) is 63.4 Å². The molecule has 14 heteroatoms. The molecule has 0 bridgehead atoms. The second-order valence-electron chi connectivity index (χ2n) is 21.3. The van der Waals surface area contributed by atoms with Gasteiger partial charge in [0.2, 0.25) is 45.6 Å². The smallest absolute Gasteiger partial charge is 0.231 e. The number of aromatic nitrogens is 14. The summed E-state index contributed by atoms with van der Waals surface area (Å²) < 4.78 is 18.7. The van der Waals surface area contributed by atoms with E-state index in [0.717, 1.165) is 62.5 Å². The fraction of sp³-hybridized carbons (Fsp3) is 0.186. The summed E-state index contributed by atoms with van der Waals surface area (Å²) in [7, 11) is 18.4. The number of fused-ring (bicyclic) bond motifs is 1. The maximum atomic E-state index is 4.65. The Bertz CT molecular complexity index is 4390. The van der Waals surface area contributed by atoms with Gasteiger partial charge in [-0.25, -0.2) is 9.97 Å². The predicted molar refractivity (Wildman–Crippen MR) is 334 cm³/mol. The summed E-state index contributed by atoms with van der Waals surface area (Å²) in [4.78, 5) is 8.36. The summed E-state index contributed by atoms with van der Waals surface area (Å²) in [5, 5.41) is 14.5.